The van der Waals surface area contributed by atoms with Gasteiger partial charge in [-0.2, -0.15) is 0 Å². The minimum atomic E-state index is -0.746. The average Bonchev–Trinajstić information content (AvgIpc) is 2.93. The van der Waals surface area contributed by atoms with E-state index < -0.39 is 29.7 Å². The molecule has 1 saturated heterocycles. The molecule has 0 saturated carbocycles. The van der Waals surface area contributed by atoms with Gasteiger partial charge in [0.15, 0.2) is 0 Å². The molecule has 0 bridgehead atoms. The highest BCUT2D eigenvalue weighted by atomic mass is 16.5. The smallest absolute Gasteiger partial charge is 0.330 e. The van der Waals surface area contributed by atoms with Gasteiger partial charge in [-0.15, -0.1) is 12.3 Å². The van der Waals surface area contributed by atoms with E-state index in [2.05, 4.69) is 22.7 Å². The molecule has 0 aliphatic carbocycles. The number of aliphatic hydroxyl groups is 1. The van der Waals surface area contributed by atoms with E-state index in [0.29, 0.717) is 12.8 Å². The summed E-state index contributed by atoms with van der Waals surface area (Å²) in [5, 5.41) is 9.85. The number of aromatic nitrogens is 2. The number of unbranched alkanes of at least 4 members (excludes halogenated alkanes) is 3. The number of H-pyrrole nitrogens is 1. The van der Waals surface area contributed by atoms with Crippen molar-refractivity contribution in [2.75, 3.05) is 6.54 Å². The lowest BCUT2D eigenvalue weighted by Gasteiger charge is -2.14. The van der Waals surface area contributed by atoms with Crippen LogP contribution in [0.15, 0.2) is 15.8 Å². The quantitative estimate of drug-likeness (QED) is 0.506. The van der Waals surface area contributed by atoms with Gasteiger partial charge in [-0.25, -0.2) is 4.79 Å². The van der Waals surface area contributed by atoms with Gasteiger partial charge in [0.1, 0.15) is 11.8 Å². The molecule has 1 aromatic rings. The first-order chi connectivity index (χ1) is 11.6. The number of terminal acetylenes is 1. The van der Waals surface area contributed by atoms with E-state index >= 15 is 0 Å². The Morgan fingerprint density at radius 3 is 2.83 bits per heavy atom. The topological polar surface area (TPSA) is 110 Å². The first kappa shape index (κ1) is 18.0. The third kappa shape index (κ3) is 4.36. The first-order valence-corrected chi connectivity index (χ1v) is 7.88. The number of ether oxygens (including phenoxy) is 1. The second kappa shape index (κ2) is 8.51. The monoisotopic (exact) mass is 331 g/mol. The Bertz CT molecular complexity index is 778. The van der Waals surface area contributed by atoms with Crippen LogP contribution in [0, 0.1) is 24.2 Å². The van der Waals surface area contributed by atoms with E-state index in [1.807, 2.05) is 0 Å². The molecule has 24 heavy (non-hydrogen) atoms. The van der Waals surface area contributed by atoms with E-state index in [1.165, 1.54) is 10.8 Å². The molecule has 2 rings (SSSR count). The molecule has 4 N–H and O–H groups in total. The number of nitrogens with one attached hydrogen (secondary N) is 1. The van der Waals surface area contributed by atoms with Crippen molar-refractivity contribution in [2.24, 2.45) is 5.73 Å². The van der Waals surface area contributed by atoms with Crippen LogP contribution in [-0.4, -0.2) is 33.4 Å². The fourth-order valence-corrected chi connectivity index (χ4v) is 2.48. The minimum Gasteiger partial charge on any atom is -0.390 e. The summed E-state index contributed by atoms with van der Waals surface area (Å²) >= 11 is 0. The molecule has 0 amide bonds. The number of aromatic amines is 1. The first-order valence-electron chi connectivity index (χ1n) is 7.88. The normalized spacial score (nSPS) is 22.6. The Balaban J connectivity index is 2.15. The maximum atomic E-state index is 12.0. The summed E-state index contributed by atoms with van der Waals surface area (Å²) in [6, 6.07) is 0. The number of nitrogens with zero attached hydrogens (tertiary/aromatic N) is 1. The van der Waals surface area contributed by atoms with Crippen LogP contribution < -0.4 is 17.0 Å². The molecular formula is C17H21N3O4. The average molecular weight is 331 g/mol. The maximum absolute atomic E-state index is 12.0. The van der Waals surface area contributed by atoms with Crippen LogP contribution in [0.2, 0.25) is 0 Å². The molecule has 3 atom stereocenters. The van der Waals surface area contributed by atoms with Crippen LogP contribution >= 0.6 is 0 Å². The largest absolute Gasteiger partial charge is 0.390 e. The Labute approximate surface area is 139 Å². The van der Waals surface area contributed by atoms with Crippen LogP contribution in [0.1, 0.15) is 43.9 Å². The molecule has 0 unspecified atom stereocenters. The zero-order chi connectivity index (χ0) is 17.5. The number of hydrogen-bond donors (Lipinski definition) is 3. The lowest BCUT2D eigenvalue weighted by Crippen LogP contribution is -2.34. The Morgan fingerprint density at radius 2 is 2.17 bits per heavy atom. The van der Waals surface area contributed by atoms with Crippen molar-refractivity contribution < 1.29 is 9.84 Å². The van der Waals surface area contributed by atoms with E-state index in [4.69, 9.17) is 16.9 Å². The molecule has 7 nitrogen and oxygen atoms in total. The van der Waals surface area contributed by atoms with Crippen LogP contribution in [-0.2, 0) is 4.74 Å². The number of nitrogens with two attached hydrogens (primary N) is 1. The molecule has 2 heterocycles. The molecular weight excluding hydrogens is 310 g/mol. The van der Waals surface area contributed by atoms with Crippen LogP contribution in [0.4, 0.5) is 0 Å². The summed E-state index contributed by atoms with van der Waals surface area (Å²) in [6.07, 6.45) is 7.88. The molecule has 1 aromatic heterocycles. The van der Waals surface area contributed by atoms with Crippen molar-refractivity contribution >= 4 is 0 Å². The molecule has 7 heteroatoms. The van der Waals surface area contributed by atoms with Gasteiger partial charge in [0, 0.05) is 32.0 Å². The van der Waals surface area contributed by atoms with Crippen LogP contribution in [0.5, 0.6) is 0 Å². The Hall–Kier alpha value is -2.32. The zero-order valence-electron chi connectivity index (χ0n) is 13.3. The van der Waals surface area contributed by atoms with Gasteiger partial charge in [0.25, 0.3) is 5.56 Å². The van der Waals surface area contributed by atoms with Gasteiger partial charge in [0.05, 0.1) is 12.2 Å². The van der Waals surface area contributed by atoms with E-state index in [9.17, 15) is 14.7 Å². The number of aliphatic hydroxyl groups excluding tert-OH is 1. The second-order valence-electron chi connectivity index (χ2n) is 5.59. The zero-order valence-corrected chi connectivity index (χ0v) is 13.3. The Morgan fingerprint density at radius 1 is 1.42 bits per heavy atom. The predicted octanol–water partition coefficient (Wildman–Crippen LogP) is -0.311. The lowest BCUT2D eigenvalue weighted by atomic mass is 10.2. The van der Waals surface area contributed by atoms with Crippen LogP contribution in [0.3, 0.4) is 0 Å². The molecule has 1 aliphatic rings. The van der Waals surface area contributed by atoms with Crippen molar-refractivity contribution in [2.45, 2.75) is 50.5 Å². The number of rotatable bonds is 5. The molecule has 0 spiro atoms. The molecule has 1 fully saturated rings. The van der Waals surface area contributed by atoms with E-state index in [0.717, 1.165) is 12.8 Å². The highest BCUT2D eigenvalue weighted by Gasteiger charge is 2.34. The third-order valence-electron chi connectivity index (χ3n) is 3.81. The second-order valence-corrected chi connectivity index (χ2v) is 5.59. The van der Waals surface area contributed by atoms with Crippen molar-refractivity contribution in [3.05, 3.63) is 32.6 Å². The highest BCUT2D eigenvalue weighted by molar-refractivity contribution is 5.29. The predicted molar refractivity (Wildman–Crippen MR) is 89.1 cm³/mol. The van der Waals surface area contributed by atoms with Crippen molar-refractivity contribution in [1.82, 2.24) is 9.55 Å². The van der Waals surface area contributed by atoms with Gasteiger partial charge < -0.3 is 15.6 Å². The Kier molecular flexibility index (Phi) is 6.39. The summed E-state index contributed by atoms with van der Waals surface area (Å²) < 4.78 is 6.79. The summed E-state index contributed by atoms with van der Waals surface area (Å²) in [4.78, 5) is 26.0. The molecule has 0 aromatic carbocycles. The fourth-order valence-electron chi connectivity index (χ4n) is 2.48. The molecule has 1 aliphatic heterocycles. The lowest BCUT2D eigenvalue weighted by molar-refractivity contribution is -0.0151. The standard InChI is InChI=1S/C17H21N3O4/c1-2-3-4-5-6-7-8-12-11-20(17(23)19-16(12)22)15-9-13(21)14(10-18)24-15/h1,11,13-15,21H,3-6,9-10,18H2,(H,19,22,23)/t13-,14-,15-/m1/s1. The van der Waals surface area contributed by atoms with Gasteiger partial charge in [-0.1, -0.05) is 11.8 Å². The SMILES string of the molecule is C#CCCCCC#Cc1cn([C@H]2C[C@@H](O)[C@@H](CN)O2)c(=O)[nH]c1=O. The van der Waals surface area contributed by atoms with Gasteiger partial charge in [-0.3, -0.25) is 14.3 Å². The van der Waals surface area contributed by atoms with E-state index in [-0.39, 0.29) is 18.5 Å². The highest BCUT2D eigenvalue weighted by Crippen LogP contribution is 2.26. The summed E-state index contributed by atoms with van der Waals surface area (Å²) in [6.45, 7) is 0.153. The van der Waals surface area contributed by atoms with Crippen molar-refractivity contribution in [3.63, 3.8) is 0 Å². The minimum absolute atomic E-state index is 0.153. The van der Waals surface area contributed by atoms with Gasteiger partial charge in [0.2, 0.25) is 0 Å². The van der Waals surface area contributed by atoms with Crippen molar-refractivity contribution in [1.29, 1.82) is 0 Å². The third-order valence-corrected chi connectivity index (χ3v) is 3.81. The summed E-state index contributed by atoms with van der Waals surface area (Å²) in [7, 11) is 0. The molecule has 128 valence electrons. The van der Waals surface area contributed by atoms with E-state index in [1.54, 1.807) is 0 Å². The van der Waals surface area contributed by atoms with Gasteiger partial charge in [-0.05, 0) is 12.8 Å². The fraction of sp³-hybridized carbons (Fsp3) is 0.529. The maximum Gasteiger partial charge on any atom is 0.330 e. The van der Waals surface area contributed by atoms with Crippen LogP contribution in [0.25, 0.3) is 0 Å². The van der Waals surface area contributed by atoms with Gasteiger partial charge >= 0.3 is 5.69 Å². The number of hydrogen-bond acceptors (Lipinski definition) is 5. The summed E-state index contributed by atoms with van der Waals surface area (Å²) in [5.41, 5.74) is 4.55. The molecule has 0 radical (unpaired) electrons. The summed E-state index contributed by atoms with van der Waals surface area (Å²) in [5.74, 6) is 8.23. The van der Waals surface area contributed by atoms with Crippen molar-refractivity contribution in [3.8, 4) is 24.2 Å².